The number of carbonyl (C=O) groups excluding carboxylic acids is 2. The van der Waals surface area contributed by atoms with Gasteiger partial charge in [-0.3, -0.25) is 19.2 Å². The van der Waals surface area contributed by atoms with Gasteiger partial charge in [-0.2, -0.15) is 0 Å². The number of carboxylic acid groups (broad SMARTS) is 2. The quantitative estimate of drug-likeness (QED) is 0.643. The zero-order valence-electron chi connectivity index (χ0n) is 11.1. The molecule has 9 heteroatoms. The van der Waals surface area contributed by atoms with Gasteiger partial charge in [-0.15, -0.1) is 11.3 Å². The summed E-state index contributed by atoms with van der Waals surface area (Å²) in [4.78, 5) is 46.2. The van der Waals surface area contributed by atoms with Crippen molar-refractivity contribution in [2.75, 3.05) is 13.1 Å². The van der Waals surface area contributed by atoms with Gasteiger partial charge in [0.1, 0.15) is 19.1 Å². The number of nitrogens with zero attached hydrogens (tertiary/aromatic N) is 1. The second-order valence-corrected chi connectivity index (χ2v) is 5.10. The number of carbonyl (C=O) groups is 4. The fourth-order valence-electron chi connectivity index (χ4n) is 1.55. The Balaban J connectivity index is 2.70. The van der Waals surface area contributed by atoms with Crippen molar-refractivity contribution in [3.05, 3.63) is 22.4 Å². The summed E-state index contributed by atoms with van der Waals surface area (Å²) in [5.41, 5.74) is 0. The van der Waals surface area contributed by atoms with Gasteiger partial charge in [0.15, 0.2) is 0 Å². The molecule has 0 aliphatic rings. The summed E-state index contributed by atoms with van der Waals surface area (Å²) >= 11 is 1.19. The SMILES string of the molecule is CC(NC(=O)c1cccs1)C(=O)N(CC(=O)O)CC(=O)O. The fraction of sp³-hybridized carbons (Fsp3) is 0.333. The van der Waals surface area contributed by atoms with E-state index in [1.165, 1.54) is 18.3 Å². The minimum atomic E-state index is -1.33. The van der Waals surface area contributed by atoms with Crippen LogP contribution in [-0.2, 0) is 14.4 Å². The van der Waals surface area contributed by atoms with Gasteiger partial charge in [0.05, 0.1) is 4.88 Å². The topological polar surface area (TPSA) is 124 Å². The maximum Gasteiger partial charge on any atom is 0.323 e. The van der Waals surface area contributed by atoms with Gasteiger partial charge in [0.2, 0.25) is 5.91 Å². The van der Waals surface area contributed by atoms with Crippen LogP contribution in [0.15, 0.2) is 17.5 Å². The van der Waals surface area contributed by atoms with Crippen molar-refractivity contribution in [3.8, 4) is 0 Å². The maximum atomic E-state index is 12.0. The van der Waals surface area contributed by atoms with Crippen LogP contribution in [0.5, 0.6) is 0 Å². The first-order valence-electron chi connectivity index (χ1n) is 5.88. The lowest BCUT2D eigenvalue weighted by Crippen LogP contribution is -2.49. The number of hydrogen-bond acceptors (Lipinski definition) is 5. The lowest BCUT2D eigenvalue weighted by atomic mass is 10.2. The molecule has 0 saturated heterocycles. The molecule has 1 aromatic rings. The van der Waals surface area contributed by atoms with E-state index in [1.54, 1.807) is 17.5 Å². The Kier molecular flexibility index (Phi) is 5.85. The number of thiophene rings is 1. The molecule has 2 amide bonds. The zero-order chi connectivity index (χ0) is 16.0. The van der Waals surface area contributed by atoms with Gasteiger partial charge in [-0.05, 0) is 18.4 Å². The molecule has 0 aromatic carbocycles. The van der Waals surface area contributed by atoms with E-state index in [0.29, 0.717) is 9.78 Å². The third-order valence-electron chi connectivity index (χ3n) is 2.43. The predicted octanol–water partition coefficient (Wildman–Crippen LogP) is -0.136. The van der Waals surface area contributed by atoms with Crippen molar-refractivity contribution in [2.45, 2.75) is 13.0 Å². The summed E-state index contributed by atoms with van der Waals surface area (Å²) < 4.78 is 0. The van der Waals surface area contributed by atoms with E-state index < -0.39 is 42.9 Å². The molecule has 1 rings (SSSR count). The Hall–Kier alpha value is -2.42. The van der Waals surface area contributed by atoms with Crippen LogP contribution >= 0.6 is 11.3 Å². The molecule has 0 aliphatic heterocycles. The maximum absolute atomic E-state index is 12.0. The Morgan fingerprint density at radius 1 is 1.24 bits per heavy atom. The summed E-state index contributed by atoms with van der Waals surface area (Å²) in [6.45, 7) is -0.126. The van der Waals surface area contributed by atoms with Crippen LogP contribution in [0.1, 0.15) is 16.6 Å². The molecule has 0 radical (unpaired) electrons. The number of hydrogen-bond donors (Lipinski definition) is 3. The molecule has 0 aliphatic carbocycles. The van der Waals surface area contributed by atoms with E-state index in [-0.39, 0.29) is 0 Å². The van der Waals surface area contributed by atoms with Crippen LogP contribution in [0.2, 0.25) is 0 Å². The van der Waals surface area contributed by atoms with E-state index in [4.69, 9.17) is 10.2 Å². The van der Waals surface area contributed by atoms with Gasteiger partial charge in [-0.1, -0.05) is 6.07 Å². The highest BCUT2D eigenvalue weighted by Crippen LogP contribution is 2.08. The highest BCUT2D eigenvalue weighted by atomic mass is 32.1. The van der Waals surface area contributed by atoms with Crippen molar-refractivity contribution < 1.29 is 29.4 Å². The van der Waals surface area contributed by atoms with Crippen LogP contribution in [0.25, 0.3) is 0 Å². The Bertz CT molecular complexity index is 526. The van der Waals surface area contributed by atoms with Gasteiger partial charge in [0, 0.05) is 0 Å². The van der Waals surface area contributed by atoms with Crippen LogP contribution in [0, 0.1) is 0 Å². The van der Waals surface area contributed by atoms with Crippen LogP contribution in [0.4, 0.5) is 0 Å². The highest BCUT2D eigenvalue weighted by Gasteiger charge is 2.26. The number of carboxylic acids is 2. The molecular weight excluding hydrogens is 300 g/mol. The standard InChI is InChI=1S/C12H14N2O6S/c1-7(13-11(19)8-3-2-4-21-8)12(20)14(5-9(15)16)6-10(17)18/h2-4,7H,5-6H2,1H3,(H,13,19)(H,15,16)(H,17,18). The van der Waals surface area contributed by atoms with E-state index in [1.807, 2.05) is 0 Å². The molecule has 21 heavy (non-hydrogen) atoms. The average Bonchev–Trinajstić information content (AvgIpc) is 2.89. The van der Waals surface area contributed by atoms with Gasteiger partial charge >= 0.3 is 11.9 Å². The predicted molar refractivity (Wildman–Crippen MR) is 73.1 cm³/mol. The average molecular weight is 314 g/mol. The zero-order valence-corrected chi connectivity index (χ0v) is 11.9. The molecule has 3 N–H and O–H groups in total. The first-order chi connectivity index (χ1) is 9.81. The number of aliphatic carboxylic acids is 2. The van der Waals surface area contributed by atoms with Crippen molar-refractivity contribution in [3.63, 3.8) is 0 Å². The van der Waals surface area contributed by atoms with Crippen molar-refractivity contribution in [1.82, 2.24) is 10.2 Å². The molecule has 1 atom stereocenters. The van der Waals surface area contributed by atoms with E-state index in [9.17, 15) is 19.2 Å². The largest absolute Gasteiger partial charge is 0.480 e. The molecular formula is C12H14N2O6S. The normalized spacial score (nSPS) is 11.5. The minimum absolute atomic E-state index is 0.401. The summed E-state index contributed by atoms with van der Waals surface area (Å²) in [6.07, 6.45) is 0. The smallest absolute Gasteiger partial charge is 0.323 e. The Morgan fingerprint density at radius 3 is 2.24 bits per heavy atom. The van der Waals surface area contributed by atoms with Gasteiger partial charge in [-0.25, -0.2) is 0 Å². The molecule has 1 heterocycles. The molecule has 8 nitrogen and oxygen atoms in total. The third kappa shape index (κ3) is 5.22. The first-order valence-corrected chi connectivity index (χ1v) is 6.76. The fourth-order valence-corrected chi connectivity index (χ4v) is 2.18. The second-order valence-electron chi connectivity index (χ2n) is 4.15. The lowest BCUT2D eigenvalue weighted by Gasteiger charge is -2.22. The summed E-state index contributed by atoms with van der Waals surface area (Å²) in [5.74, 6) is -3.91. The summed E-state index contributed by atoms with van der Waals surface area (Å²) in [6, 6.07) is 2.22. The molecule has 0 spiro atoms. The van der Waals surface area contributed by atoms with Crippen LogP contribution in [-0.4, -0.2) is 58.0 Å². The van der Waals surface area contributed by atoms with E-state index in [0.717, 1.165) is 0 Å². The minimum Gasteiger partial charge on any atom is -0.480 e. The van der Waals surface area contributed by atoms with Crippen LogP contribution < -0.4 is 5.32 Å². The van der Waals surface area contributed by atoms with Crippen molar-refractivity contribution >= 4 is 35.1 Å². The second kappa shape index (κ2) is 7.39. The highest BCUT2D eigenvalue weighted by molar-refractivity contribution is 7.12. The van der Waals surface area contributed by atoms with E-state index >= 15 is 0 Å². The number of amides is 2. The van der Waals surface area contributed by atoms with Crippen molar-refractivity contribution in [1.29, 1.82) is 0 Å². The summed E-state index contributed by atoms with van der Waals surface area (Å²) in [7, 11) is 0. The molecule has 0 bridgehead atoms. The Labute approximate surface area is 124 Å². The molecule has 114 valence electrons. The van der Waals surface area contributed by atoms with E-state index in [2.05, 4.69) is 5.32 Å². The molecule has 0 saturated carbocycles. The molecule has 0 fully saturated rings. The molecule has 1 aromatic heterocycles. The molecule has 1 unspecified atom stereocenters. The van der Waals surface area contributed by atoms with Gasteiger partial charge < -0.3 is 20.4 Å². The van der Waals surface area contributed by atoms with Crippen LogP contribution in [0.3, 0.4) is 0 Å². The summed E-state index contributed by atoms with van der Waals surface area (Å²) in [5, 5.41) is 21.5. The lowest BCUT2D eigenvalue weighted by molar-refractivity contribution is -0.149. The first kappa shape index (κ1) is 16.6. The number of nitrogens with one attached hydrogen (secondary N) is 1. The number of rotatable bonds is 7. The Morgan fingerprint density at radius 2 is 1.81 bits per heavy atom. The third-order valence-corrected chi connectivity index (χ3v) is 3.30. The van der Waals surface area contributed by atoms with Gasteiger partial charge in [0.25, 0.3) is 5.91 Å². The van der Waals surface area contributed by atoms with Crippen molar-refractivity contribution in [2.24, 2.45) is 0 Å². The monoisotopic (exact) mass is 314 g/mol.